The first-order chi connectivity index (χ1) is 10.6. The van der Waals surface area contributed by atoms with E-state index in [-0.39, 0.29) is 24.6 Å². The van der Waals surface area contributed by atoms with Gasteiger partial charge in [0.2, 0.25) is 0 Å². The molecule has 2 aliphatic rings. The molecule has 0 aliphatic carbocycles. The summed E-state index contributed by atoms with van der Waals surface area (Å²) in [6.07, 6.45) is -0.639. The highest BCUT2D eigenvalue weighted by Gasteiger charge is 2.44. The van der Waals surface area contributed by atoms with E-state index in [0.29, 0.717) is 24.5 Å². The van der Waals surface area contributed by atoms with Gasteiger partial charge in [-0.15, -0.1) is 0 Å². The minimum absolute atomic E-state index is 0.220. The third-order valence-corrected chi connectivity index (χ3v) is 3.65. The van der Waals surface area contributed by atoms with Crippen molar-refractivity contribution in [2.45, 2.75) is 6.04 Å². The maximum Gasteiger partial charge on any atom is 0.417 e. The van der Waals surface area contributed by atoms with E-state index in [1.165, 1.54) is 12.0 Å². The minimum Gasteiger partial charge on any atom is -0.495 e. The first-order valence-corrected chi connectivity index (χ1v) is 6.78. The number of cyclic esters (lactones) is 1. The van der Waals surface area contributed by atoms with Gasteiger partial charge >= 0.3 is 12.1 Å². The van der Waals surface area contributed by atoms with Gasteiger partial charge in [-0.05, 0) is 12.1 Å². The van der Waals surface area contributed by atoms with Crippen LogP contribution in [0.1, 0.15) is 0 Å². The number of para-hydroxylation sites is 2. The van der Waals surface area contributed by atoms with E-state index >= 15 is 0 Å². The predicted molar refractivity (Wildman–Crippen MR) is 75.6 cm³/mol. The molecule has 2 saturated heterocycles. The van der Waals surface area contributed by atoms with Gasteiger partial charge in [-0.2, -0.15) is 0 Å². The standard InChI is InChI=1S/C14H15N3O5/c1-21-11-5-3-2-4-10(11)15-13(19)16-6-9(7-16)17-12(18)8-22-14(17)20/h2-5,9H,6-8H2,1H3,(H,15,19). The smallest absolute Gasteiger partial charge is 0.417 e. The molecule has 8 nitrogen and oxygen atoms in total. The number of hydrogen-bond donors (Lipinski definition) is 1. The molecular formula is C14H15N3O5. The molecule has 2 heterocycles. The summed E-state index contributed by atoms with van der Waals surface area (Å²) in [5.41, 5.74) is 0.565. The van der Waals surface area contributed by atoms with Gasteiger partial charge in [0.05, 0.1) is 18.8 Å². The number of rotatable bonds is 3. The van der Waals surface area contributed by atoms with Crippen LogP contribution in [0.2, 0.25) is 0 Å². The monoisotopic (exact) mass is 305 g/mol. The Bertz CT molecular complexity index is 611. The second-order valence-electron chi connectivity index (χ2n) is 5.01. The number of ether oxygens (including phenoxy) is 2. The van der Waals surface area contributed by atoms with Gasteiger partial charge in [-0.25, -0.2) is 14.5 Å². The van der Waals surface area contributed by atoms with Crippen molar-refractivity contribution in [1.82, 2.24) is 9.80 Å². The third-order valence-electron chi connectivity index (χ3n) is 3.65. The van der Waals surface area contributed by atoms with E-state index in [4.69, 9.17) is 4.74 Å². The van der Waals surface area contributed by atoms with Crippen LogP contribution in [0.15, 0.2) is 24.3 Å². The third kappa shape index (κ3) is 2.43. The molecule has 2 aliphatic heterocycles. The molecule has 116 valence electrons. The van der Waals surface area contributed by atoms with E-state index in [2.05, 4.69) is 10.1 Å². The molecule has 0 atom stereocenters. The second kappa shape index (κ2) is 5.55. The number of hydrogen-bond acceptors (Lipinski definition) is 5. The van der Waals surface area contributed by atoms with E-state index in [1.807, 2.05) is 0 Å². The first-order valence-electron chi connectivity index (χ1n) is 6.78. The first kappa shape index (κ1) is 14.2. The molecule has 0 bridgehead atoms. The molecule has 3 rings (SSSR count). The maximum atomic E-state index is 12.1. The van der Waals surface area contributed by atoms with Gasteiger partial charge in [0.15, 0.2) is 6.61 Å². The number of likely N-dealkylation sites (tertiary alicyclic amines) is 1. The Labute approximate surface area is 126 Å². The Morgan fingerprint density at radius 3 is 2.68 bits per heavy atom. The molecule has 8 heteroatoms. The van der Waals surface area contributed by atoms with Crippen LogP contribution < -0.4 is 10.1 Å². The summed E-state index contributed by atoms with van der Waals surface area (Å²) in [6.45, 7) is 0.367. The lowest BCUT2D eigenvalue weighted by atomic mass is 10.1. The Hall–Kier alpha value is -2.77. The molecule has 0 unspecified atom stereocenters. The fourth-order valence-electron chi connectivity index (χ4n) is 2.44. The van der Waals surface area contributed by atoms with Crippen molar-refractivity contribution in [2.24, 2.45) is 0 Å². The molecule has 1 N–H and O–H groups in total. The summed E-state index contributed by atoms with van der Waals surface area (Å²) in [7, 11) is 1.52. The van der Waals surface area contributed by atoms with Crippen LogP contribution in [-0.2, 0) is 9.53 Å². The highest BCUT2D eigenvalue weighted by molar-refractivity contribution is 5.99. The number of nitrogens with one attached hydrogen (secondary N) is 1. The number of carbonyl (C=O) groups is 3. The molecular weight excluding hydrogens is 290 g/mol. The number of imide groups is 1. The van der Waals surface area contributed by atoms with Crippen molar-refractivity contribution in [3.05, 3.63) is 24.3 Å². The van der Waals surface area contributed by atoms with Crippen LogP contribution >= 0.6 is 0 Å². The van der Waals surface area contributed by atoms with Crippen molar-refractivity contribution in [3.63, 3.8) is 0 Å². The van der Waals surface area contributed by atoms with Crippen molar-refractivity contribution < 1.29 is 23.9 Å². The number of benzene rings is 1. The van der Waals surface area contributed by atoms with Crippen LogP contribution in [0.4, 0.5) is 15.3 Å². The lowest BCUT2D eigenvalue weighted by Crippen LogP contribution is -2.63. The van der Waals surface area contributed by atoms with Gasteiger partial charge in [0.25, 0.3) is 5.91 Å². The maximum absolute atomic E-state index is 12.1. The van der Waals surface area contributed by atoms with Crippen LogP contribution in [-0.4, -0.2) is 60.7 Å². The molecule has 0 radical (unpaired) electrons. The summed E-state index contributed by atoms with van der Waals surface area (Å²) >= 11 is 0. The Balaban J connectivity index is 1.57. The van der Waals surface area contributed by atoms with E-state index in [0.717, 1.165) is 4.90 Å². The fraction of sp³-hybridized carbons (Fsp3) is 0.357. The lowest BCUT2D eigenvalue weighted by Gasteiger charge is -2.41. The van der Waals surface area contributed by atoms with Crippen molar-refractivity contribution in [2.75, 3.05) is 32.1 Å². The highest BCUT2D eigenvalue weighted by atomic mass is 16.6. The van der Waals surface area contributed by atoms with Crippen LogP contribution in [0.3, 0.4) is 0 Å². The molecule has 22 heavy (non-hydrogen) atoms. The SMILES string of the molecule is COc1ccccc1NC(=O)N1CC(N2C(=O)COC2=O)C1. The van der Waals surface area contributed by atoms with Gasteiger partial charge in [0.1, 0.15) is 5.75 Å². The zero-order chi connectivity index (χ0) is 15.7. The quantitative estimate of drug-likeness (QED) is 0.896. The minimum atomic E-state index is -0.639. The van der Waals surface area contributed by atoms with Crippen molar-refractivity contribution >= 4 is 23.7 Å². The number of nitrogens with zero attached hydrogens (tertiary/aromatic N) is 2. The summed E-state index contributed by atoms with van der Waals surface area (Å²) < 4.78 is 9.82. The number of urea groups is 1. The Kier molecular flexibility index (Phi) is 3.58. The van der Waals surface area contributed by atoms with E-state index in [1.54, 1.807) is 24.3 Å². The molecule has 4 amide bonds. The molecule has 0 saturated carbocycles. The molecule has 1 aromatic rings. The van der Waals surface area contributed by atoms with Crippen LogP contribution in [0.5, 0.6) is 5.75 Å². The van der Waals surface area contributed by atoms with Crippen molar-refractivity contribution in [3.8, 4) is 5.75 Å². The summed E-state index contributed by atoms with van der Waals surface area (Å²) in [5.74, 6) is 0.200. The van der Waals surface area contributed by atoms with Gasteiger partial charge < -0.3 is 19.7 Å². The Morgan fingerprint density at radius 2 is 2.05 bits per heavy atom. The highest BCUT2D eigenvalue weighted by Crippen LogP contribution is 2.25. The average molecular weight is 305 g/mol. The molecule has 2 fully saturated rings. The number of amides is 4. The van der Waals surface area contributed by atoms with E-state index < -0.39 is 6.09 Å². The predicted octanol–water partition coefficient (Wildman–Crippen LogP) is 0.890. The second-order valence-corrected chi connectivity index (χ2v) is 5.01. The number of anilines is 1. The molecule has 0 spiro atoms. The summed E-state index contributed by atoms with van der Waals surface area (Å²) in [4.78, 5) is 37.6. The largest absolute Gasteiger partial charge is 0.495 e. The van der Waals surface area contributed by atoms with Crippen LogP contribution in [0, 0.1) is 0 Å². The number of methoxy groups -OCH3 is 1. The van der Waals surface area contributed by atoms with Crippen LogP contribution in [0.25, 0.3) is 0 Å². The molecule has 1 aromatic carbocycles. The topological polar surface area (TPSA) is 88.2 Å². The summed E-state index contributed by atoms with van der Waals surface area (Å²) in [5, 5.41) is 2.74. The Morgan fingerprint density at radius 1 is 1.32 bits per heavy atom. The molecule has 0 aromatic heterocycles. The van der Waals surface area contributed by atoms with E-state index in [9.17, 15) is 14.4 Å². The normalized spacial score (nSPS) is 18.0. The average Bonchev–Trinajstić information content (AvgIpc) is 2.78. The number of carbonyl (C=O) groups excluding carboxylic acids is 3. The van der Waals surface area contributed by atoms with Crippen molar-refractivity contribution in [1.29, 1.82) is 0 Å². The van der Waals surface area contributed by atoms with Gasteiger partial charge in [-0.3, -0.25) is 4.79 Å². The fourth-order valence-corrected chi connectivity index (χ4v) is 2.44. The van der Waals surface area contributed by atoms with Gasteiger partial charge in [-0.1, -0.05) is 12.1 Å². The zero-order valence-electron chi connectivity index (χ0n) is 11.9. The zero-order valence-corrected chi connectivity index (χ0v) is 11.9. The van der Waals surface area contributed by atoms with Gasteiger partial charge in [0, 0.05) is 13.1 Å². The summed E-state index contributed by atoms with van der Waals surface area (Å²) in [6, 6.07) is 6.45. The lowest BCUT2D eigenvalue weighted by molar-refractivity contribution is -0.129.